The van der Waals surface area contributed by atoms with E-state index in [-0.39, 0.29) is 0 Å². The molecule has 3 nitrogen and oxygen atoms in total. The van der Waals surface area contributed by atoms with Crippen LogP contribution in [0.1, 0.15) is 64.8 Å². The molecule has 0 N–H and O–H groups in total. The van der Waals surface area contributed by atoms with Gasteiger partial charge in [-0.1, -0.05) is 33.8 Å². The Bertz CT molecular complexity index is 519. The number of nitrogens with zero attached hydrogens (tertiary/aromatic N) is 1. The third kappa shape index (κ3) is 7.24. The molecule has 0 saturated carbocycles. The lowest BCUT2D eigenvalue weighted by Crippen LogP contribution is -2.04. The molecule has 0 bridgehead atoms. The average Bonchev–Trinajstić information content (AvgIpc) is 2.47. The van der Waals surface area contributed by atoms with E-state index in [1.165, 1.54) is 0 Å². The monoisotopic (exact) mass is 371 g/mol. The Morgan fingerprint density at radius 3 is 1.33 bits per heavy atom. The number of pyridine rings is 1. The van der Waals surface area contributed by atoms with E-state index in [2.05, 4.69) is 27.7 Å². The molecule has 1 aromatic heterocycles. The van der Waals surface area contributed by atoms with E-state index in [1.807, 2.05) is 18.2 Å². The molecule has 0 aliphatic heterocycles. The molecule has 138 valence electrons. The lowest BCUT2D eigenvalue weighted by atomic mass is 10.3. The molecule has 0 atom stereocenters. The van der Waals surface area contributed by atoms with Crippen molar-refractivity contribution in [3.8, 4) is 0 Å². The van der Waals surface area contributed by atoms with E-state index < -0.39 is 14.3 Å². The fourth-order valence-corrected chi connectivity index (χ4v) is 9.34. The van der Waals surface area contributed by atoms with Crippen molar-refractivity contribution in [2.45, 2.75) is 65.7 Å². The number of hydrogen-bond donors (Lipinski definition) is 0. The van der Waals surface area contributed by atoms with Gasteiger partial charge in [0, 0.05) is 48.4 Å². The first-order chi connectivity index (χ1) is 11.4. The van der Waals surface area contributed by atoms with Crippen LogP contribution >= 0.6 is 14.3 Å². The summed E-state index contributed by atoms with van der Waals surface area (Å²) in [4.78, 5) is 4.73. The van der Waals surface area contributed by atoms with Crippen molar-refractivity contribution < 1.29 is 9.13 Å². The average molecular weight is 371 g/mol. The molecule has 1 heterocycles. The Kier molecular flexibility index (Phi) is 9.53. The minimum Gasteiger partial charge on any atom is -0.323 e. The van der Waals surface area contributed by atoms with Gasteiger partial charge in [0.15, 0.2) is 0 Å². The highest BCUT2D eigenvalue weighted by molar-refractivity contribution is 7.63. The maximum absolute atomic E-state index is 13.1. The van der Waals surface area contributed by atoms with Gasteiger partial charge >= 0.3 is 0 Å². The summed E-state index contributed by atoms with van der Waals surface area (Å²) in [7, 11) is -4.34. The van der Waals surface area contributed by atoms with Crippen molar-refractivity contribution >= 4 is 14.3 Å². The van der Waals surface area contributed by atoms with Gasteiger partial charge in [0.25, 0.3) is 0 Å². The van der Waals surface area contributed by atoms with Crippen LogP contribution in [0.5, 0.6) is 0 Å². The summed E-state index contributed by atoms with van der Waals surface area (Å²) in [5, 5.41) is 0. The molecular weight excluding hydrogens is 336 g/mol. The van der Waals surface area contributed by atoms with Gasteiger partial charge < -0.3 is 9.13 Å². The fraction of sp³-hybridized carbons (Fsp3) is 0.737. The molecule has 0 unspecified atom stereocenters. The summed E-state index contributed by atoms with van der Waals surface area (Å²) in [6.45, 7) is 8.38. The molecule has 0 aliphatic rings. The second kappa shape index (κ2) is 10.6. The maximum atomic E-state index is 13.1. The standard InChI is InChI=1S/C19H35NO2P2/c1-5-12-23(21,13-6-2)16-18-10-9-11-19(20-18)17-24(22,14-7-3)15-8-4/h9-11H,5-8,12-17H2,1-4H3. The molecule has 1 aromatic rings. The summed E-state index contributed by atoms with van der Waals surface area (Å²) < 4.78 is 26.2. The van der Waals surface area contributed by atoms with Crippen molar-refractivity contribution in [1.29, 1.82) is 0 Å². The second-order valence-electron chi connectivity index (χ2n) is 6.95. The molecule has 0 saturated heterocycles. The zero-order valence-electron chi connectivity index (χ0n) is 16.0. The van der Waals surface area contributed by atoms with Gasteiger partial charge in [0.2, 0.25) is 0 Å². The first kappa shape index (κ1) is 21.7. The predicted octanol–water partition coefficient (Wildman–Crippen LogP) is 6.45. The minimum absolute atomic E-state index is 0.592. The van der Waals surface area contributed by atoms with E-state index in [0.29, 0.717) is 12.3 Å². The molecular formula is C19H35NO2P2. The van der Waals surface area contributed by atoms with Gasteiger partial charge in [-0.05, 0) is 37.8 Å². The molecule has 1 rings (SSSR count). The zero-order chi connectivity index (χ0) is 18.1. The summed E-state index contributed by atoms with van der Waals surface area (Å²) in [6.07, 6.45) is 8.22. The van der Waals surface area contributed by atoms with Crippen molar-refractivity contribution in [2.24, 2.45) is 0 Å². The van der Waals surface area contributed by atoms with Crippen molar-refractivity contribution in [1.82, 2.24) is 4.98 Å². The Labute approximate surface area is 148 Å². The topological polar surface area (TPSA) is 47.0 Å². The molecule has 0 radical (unpaired) electrons. The van der Waals surface area contributed by atoms with Crippen molar-refractivity contribution in [2.75, 3.05) is 24.6 Å². The Morgan fingerprint density at radius 1 is 0.708 bits per heavy atom. The summed E-state index contributed by atoms with van der Waals surface area (Å²) in [6, 6.07) is 5.94. The molecule has 0 aromatic carbocycles. The summed E-state index contributed by atoms with van der Waals surface area (Å²) in [5.41, 5.74) is 1.83. The van der Waals surface area contributed by atoms with Gasteiger partial charge in [-0.3, -0.25) is 4.98 Å². The van der Waals surface area contributed by atoms with Crippen LogP contribution in [0, 0.1) is 0 Å². The highest BCUT2D eigenvalue weighted by atomic mass is 31.2. The first-order valence-corrected chi connectivity index (χ1v) is 14.0. The van der Waals surface area contributed by atoms with E-state index in [1.54, 1.807) is 0 Å². The smallest absolute Gasteiger partial charge is 0.0934 e. The predicted molar refractivity (Wildman–Crippen MR) is 107 cm³/mol. The van der Waals surface area contributed by atoms with E-state index in [0.717, 1.165) is 61.7 Å². The second-order valence-corrected chi connectivity index (χ2v) is 13.6. The van der Waals surface area contributed by atoms with E-state index in [4.69, 9.17) is 4.98 Å². The molecule has 0 fully saturated rings. The third-order valence-electron chi connectivity index (χ3n) is 4.29. The lowest BCUT2D eigenvalue weighted by molar-refractivity contribution is 0.571. The van der Waals surface area contributed by atoms with Crippen LogP contribution in [0.25, 0.3) is 0 Å². The van der Waals surface area contributed by atoms with Gasteiger partial charge in [-0.2, -0.15) is 0 Å². The minimum atomic E-state index is -2.17. The molecule has 0 spiro atoms. The van der Waals surface area contributed by atoms with Gasteiger partial charge in [0.05, 0.1) is 14.3 Å². The third-order valence-corrected chi connectivity index (χ3v) is 11.1. The first-order valence-electron chi connectivity index (χ1n) is 9.49. The van der Waals surface area contributed by atoms with Crippen molar-refractivity contribution in [3.63, 3.8) is 0 Å². The van der Waals surface area contributed by atoms with Gasteiger partial charge in [-0.15, -0.1) is 0 Å². The normalized spacial score (nSPS) is 12.5. The van der Waals surface area contributed by atoms with Crippen LogP contribution < -0.4 is 0 Å². The number of aromatic nitrogens is 1. The quantitative estimate of drug-likeness (QED) is 0.397. The Hall–Kier alpha value is -0.390. The fourth-order valence-electron chi connectivity index (χ4n) is 3.47. The highest BCUT2D eigenvalue weighted by Gasteiger charge is 2.23. The molecule has 0 aliphatic carbocycles. The van der Waals surface area contributed by atoms with Gasteiger partial charge in [-0.25, -0.2) is 0 Å². The largest absolute Gasteiger partial charge is 0.323 e. The van der Waals surface area contributed by atoms with Crippen LogP contribution in [0.15, 0.2) is 18.2 Å². The molecule has 5 heteroatoms. The van der Waals surface area contributed by atoms with Crippen LogP contribution in [-0.4, -0.2) is 29.6 Å². The molecule has 0 amide bonds. The van der Waals surface area contributed by atoms with Crippen LogP contribution in [0.2, 0.25) is 0 Å². The zero-order valence-corrected chi connectivity index (χ0v) is 17.8. The Balaban J connectivity index is 2.93. The van der Waals surface area contributed by atoms with E-state index >= 15 is 0 Å². The summed E-state index contributed by atoms with van der Waals surface area (Å²) >= 11 is 0. The van der Waals surface area contributed by atoms with Crippen LogP contribution in [-0.2, 0) is 21.5 Å². The van der Waals surface area contributed by atoms with Gasteiger partial charge in [0.1, 0.15) is 0 Å². The Morgan fingerprint density at radius 2 is 1.04 bits per heavy atom. The van der Waals surface area contributed by atoms with Crippen LogP contribution in [0.3, 0.4) is 0 Å². The maximum Gasteiger partial charge on any atom is 0.0934 e. The van der Waals surface area contributed by atoms with E-state index in [9.17, 15) is 9.13 Å². The van der Waals surface area contributed by atoms with Crippen molar-refractivity contribution in [3.05, 3.63) is 29.6 Å². The summed E-state index contributed by atoms with van der Waals surface area (Å²) in [5.74, 6) is 0. The number of hydrogen-bond acceptors (Lipinski definition) is 3. The highest BCUT2D eigenvalue weighted by Crippen LogP contribution is 2.51. The lowest BCUT2D eigenvalue weighted by Gasteiger charge is -2.19. The number of rotatable bonds is 12. The molecule has 24 heavy (non-hydrogen) atoms. The van der Waals surface area contributed by atoms with Crippen LogP contribution in [0.4, 0.5) is 0 Å². The SMILES string of the molecule is CCCP(=O)(CCC)Cc1cccc(CP(=O)(CCC)CCC)n1.